The first-order valence-corrected chi connectivity index (χ1v) is 8.77. The molecule has 1 fully saturated rings. The summed E-state index contributed by atoms with van der Waals surface area (Å²) in [6, 6.07) is 9.88. The van der Waals surface area contributed by atoms with E-state index in [-0.39, 0.29) is 30.3 Å². The zero-order valence-corrected chi connectivity index (χ0v) is 15.2. The lowest BCUT2D eigenvalue weighted by molar-refractivity contribution is -0.126. The minimum atomic E-state index is -0.283. The molecule has 0 unspecified atom stereocenters. The normalized spacial score (nSPS) is 15.8. The summed E-state index contributed by atoms with van der Waals surface area (Å²) in [6.45, 7) is 5.29. The highest BCUT2D eigenvalue weighted by molar-refractivity contribution is 6.01. The third-order valence-corrected chi connectivity index (χ3v) is 4.57. The maximum atomic E-state index is 12.1. The lowest BCUT2D eigenvalue weighted by Gasteiger charge is -2.22. The van der Waals surface area contributed by atoms with Crippen LogP contribution in [0.3, 0.4) is 0 Å². The summed E-state index contributed by atoms with van der Waals surface area (Å²) < 4.78 is 0. The van der Waals surface area contributed by atoms with Gasteiger partial charge in [-0.3, -0.25) is 14.5 Å². The van der Waals surface area contributed by atoms with Crippen LogP contribution < -0.4 is 5.32 Å². The largest absolute Gasteiger partial charge is 0.355 e. The average Bonchev–Trinajstić information content (AvgIpc) is 2.82. The van der Waals surface area contributed by atoms with Crippen LogP contribution in [0.2, 0.25) is 0 Å². The fraction of sp³-hybridized carbons (Fsp3) is 0.526. The Hall–Kier alpha value is -2.37. The van der Waals surface area contributed by atoms with Crippen LogP contribution in [0.1, 0.15) is 38.2 Å². The standard InChI is InChI=1S/C19H27N3O3/c1-14(2)16(15-8-5-4-6-9-15)12-20-17(23)10-7-11-22-18(24)13-21(3)19(22)25/h4-6,8-9,14,16H,7,10-13H2,1-3H3,(H,20,23)/t16-/m0/s1. The molecule has 1 aromatic carbocycles. The van der Waals surface area contributed by atoms with E-state index in [9.17, 15) is 14.4 Å². The molecule has 2 rings (SSSR count). The van der Waals surface area contributed by atoms with E-state index >= 15 is 0 Å². The molecule has 0 saturated carbocycles. The SMILES string of the molecule is CC(C)[C@H](CNC(=O)CCCN1C(=O)CN(C)C1=O)c1ccccc1. The number of rotatable bonds is 8. The Morgan fingerprint density at radius 1 is 1.20 bits per heavy atom. The maximum absolute atomic E-state index is 12.1. The van der Waals surface area contributed by atoms with Gasteiger partial charge >= 0.3 is 6.03 Å². The van der Waals surface area contributed by atoms with E-state index in [1.165, 1.54) is 15.4 Å². The fourth-order valence-corrected chi connectivity index (χ4v) is 3.04. The van der Waals surface area contributed by atoms with Gasteiger partial charge in [0.2, 0.25) is 11.8 Å². The van der Waals surface area contributed by atoms with E-state index in [0.29, 0.717) is 31.8 Å². The number of hydrogen-bond donors (Lipinski definition) is 1. The second-order valence-corrected chi connectivity index (χ2v) is 6.85. The second-order valence-electron chi connectivity index (χ2n) is 6.85. The quantitative estimate of drug-likeness (QED) is 0.735. The molecule has 0 radical (unpaired) electrons. The number of nitrogens with zero attached hydrogens (tertiary/aromatic N) is 2. The molecule has 1 saturated heterocycles. The summed E-state index contributed by atoms with van der Waals surface area (Å²) in [5.74, 6) is 0.435. The van der Waals surface area contributed by atoms with E-state index in [1.807, 2.05) is 18.2 Å². The topological polar surface area (TPSA) is 69.7 Å². The third-order valence-electron chi connectivity index (χ3n) is 4.57. The van der Waals surface area contributed by atoms with Crippen molar-refractivity contribution >= 4 is 17.8 Å². The molecule has 1 aliphatic heterocycles. The predicted octanol–water partition coefficient (Wildman–Crippen LogP) is 2.22. The van der Waals surface area contributed by atoms with E-state index < -0.39 is 0 Å². The Morgan fingerprint density at radius 2 is 1.88 bits per heavy atom. The van der Waals surface area contributed by atoms with E-state index in [4.69, 9.17) is 0 Å². The molecule has 6 nitrogen and oxygen atoms in total. The minimum Gasteiger partial charge on any atom is -0.355 e. The molecular weight excluding hydrogens is 318 g/mol. The van der Waals surface area contributed by atoms with Crippen molar-refractivity contribution < 1.29 is 14.4 Å². The molecule has 6 heteroatoms. The van der Waals surface area contributed by atoms with Crippen molar-refractivity contribution in [3.63, 3.8) is 0 Å². The number of hydrogen-bond acceptors (Lipinski definition) is 3. The Kier molecular flexibility index (Phi) is 6.56. The van der Waals surface area contributed by atoms with E-state index in [2.05, 4.69) is 31.3 Å². The van der Waals surface area contributed by atoms with Crippen molar-refractivity contribution in [1.29, 1.82) is 0 Å². The van der Waals surface area contributed by atoms with Crippen LogP contribution >= 0.6 is 0 Å². The number of urea groups is 1. The van der Waals surface area contributed by atoms with Gasteiger partial charge in [0.15, 0.2) is 0 Å². The van der Waals surface area contributed by atoms with Crippen LogP contribution in [-0.2, 0) is 9.59 Å². The van der Waals surface area contributed by atoms with Gasteiger partial charge in [-0.2, -0.15) is 0 Å². The first-order valence-electron chi connectivity index (χ1n) is 8.77. The van der Waals surface area contributed by atoms with Gasteiger partial charge in [-0.1, -0.05) is 44.2 Å². The Morgan fingerprint density at radius 3 is 2.44 bits per heavy atom. The first kappa shape index (κ1) is 19.0. The lowest BCUT2D eigenvalue weighted by Crippen LogP contribution is -2.34. The van der Waals surface area contributed by atoms with Crippen LogP contribution in [-0.4, -0.2) is 54.3 Å². The molecule has 1 aliphatic rings. The van der Waals surface area contributed by atoms with Crippen molar-refractivity contribution in [3.8, 4) is 0 Å². The van der Waals surface area contributed by atoms with Crippen molar-refractivity contribution in [1.82, 2.24) is 15.1 Å². The molecule has 1 aromatic rings. The van der Waals surface area contributed by atoms with Gasteiger partial charge in [0.25, 0.3) is 0 Å². The molecule has 25 heavy (non-hydrogen) atoms. The molecule has 1 heterocycles. The molecule has 0 aliphatic carbocycles. The highest BCUT2D eigenvalue weighted by atomic mass is 16.2. The van der Waals surface area contributed by atoms with Crippen molar-refractivity contribution in [2.45, 2.75) is 32.6 Å². The lowest BCUT2D eigenvalue weighted by atomic mass is 9.88. The van der Waals surface area contributed by atoms with Gasteiger partial charge in [-0.25, -0.2) is 4.79 Å². The summed E-state index contributed by atoms with van der Waals surface area (Å²) in [4.78, 5) is 38.1. The Labute approximate surface area is 149 Å². The van der Waals surface area contributed by atoms with Crippen LogP contribution in [0.15, 0.2) is 30.3 Å². The van der Waals surface area contributed by atoms with Gasteiger partial charge in [0.05, 0.1) is 0 Å². The van der Waals surface area contributed by atoms with Gasteiger partial charge in [-0.15, -0.1) is 0 Å². The number of carbonyl (C=O) groups excluding carboxylic acids is 3. The Balaban J connectivity index is 1.76. The summed E-state index contributed by atoms with van der Waals surface area (Å²) >= 11 is 0. The van der Waals surface area contributed by atoms with E-state index in [0.717, 1.165) is 0 Å². The van der Waals surface area contributed by atoms with Crippen LogP contribution in [0.25, 0.3) is 0 Å². The monoisotopic (exact) mass is 345 g/mol. The molecule has 1 atom stereocenters. The van der Waals surface area contributed by atoms with Crippen molar-refractivity contribution in [3.05, 3.63) is 35.9 Å². The smallest absolute Gasteiger partial charge is 0.326 e. The molecular formula is C19H27N3O3. The van der Waals surface area contributed by atoms with Crippen LogP contribution in [0.4, 0.5) is 4.79 Å². The average molecular weight is 345 g/mol. The Bertz CT molecular complexity index is 616. The highest BCUT2D eigenvalue weighted by Crippen LogP contribution is 2.23. The summed E-state index contributed by atoms with van der Waals surface area (Å²) in [5, 5.41) is 2.98. The fourth-order valence-electron chi connectivity index (χ4n) is 3.04. The van der Waals surface area contributed by atoms with Gasteiger partial charge in [0.1, 0.15) is 6.54 Å². The third kappa shape index (κ3) is 5.05. The number of likely N-dealkylation sites (N-methyl/N-ethyl adjacent to an activating group) is 1. The van der Waals surface area contributed by atoms with Crippen molar-refractivity contribution in [2.75, 3.05) is 26.7 Å². The number of imide groups is 1. The number of carbonyl (C=O) groups is 3. The molecule has 0 spiro atoms. The molecule has 0 bridgehead atoms. The highest BCUT2D eigenvalue weighted by Gasteiger charge is 2.32. The van der Waals surface area contributed by atoms with E-state index in [1.54, 1.807) is 7.05 Å². The minimum absolute atomic E-state index is 0.0472. The predicted molar refractivity (Wildman–Crippen MR) is 96.0 cm³/mol. The summed E-state index contributed by atoms with van der Waals surface area (Å²) in [6.07, 6.45) is 0.787. The van der Waals surface area contributed by atoms with Crippen LogP contribution in [0, 0.1) is 5.92 Å². The second kappa shape index (κ2) is 8.65. The zero-order valence-electron chi connectivity index (χ0n) is 15.2. The van der Waals surface area contributed by atoms with Gasteiger partial charge in [0, 0.05) is 32.5 Å². The maximum Gasteiger partial charge on any atom is 0.326 e. The van der Waals surface area contributed by atoms with Crippen molar-refractivity contribution in [2.24, 2.45) is 5.92 Å². The number of amides is 4. The molecule has 0 aromatic heterocycles. The number of nitrogens with one attached hydrogen (secondary N) is 1. The van der Waals surface area contributed by atoms with Crippen LogP contribution in [0.5, 0.6) is 0 Å². The van der Waals surface area contributed by atoms with Gasteiger partial charge in [-0.05, 0) is 17.9 Å². The molecule has 4 amide bonds. The first-order chi connectivity index (χ1) is 11.9. The summed E-state index contributed by atoms with van der Waals surface area (Å²) in [5.41, 5.74) is 1.22. The number of benzene rings is 1. The summed E-state index contributed by atoms with van der Waals surface area (Å²) in [7, 11) is 1.60. The molecule has 1 N–H and O–H groups in total. The zero-order chi connectivity index (χ0) is 18.4. The molecule has 136 valence electrons. The van der Waals surface area contributed by atoms with Gasteiger partial charge < -0.3 is 10.2 Å².